The molecule has 3 rings (SSSR count). The molecule has 0 spiro atoms. The van der Waals surface area contributed by atoms with Gasteiger partial charge in [0.25, 0.3) is 5.69 Å². The number of nitrogens with one attached hydrogen (secondary N) is 1. The van der Waals surface area contributed by atoms with Crippen molar-refractivity contribution in [2.24, 2.45) is 4.99 Å². The maximum Gasteiger partial charge on any atom is 0.270 e. The first-order valence-corrected chi connectivity index (χ1v) is 6.48. The fraction of sp³-hybridized carbons (Fsp3) is 0.462. The molecule has 0 amide bonds. The molecule has 0 radical (unpaired) electrons. The molecule has 0 aliphatic carbocycles. The van der Waals surface area contributed by atoms with Gasteiger partial charge in [-0.05, 0) is 11.6 Å². The van der Waals surface area contributed by atoms with Gasteiger partial charge in [0.05, 0.1) is 16.8 Å². The molecule has 0 atom stereocenters. The minimum Gasteiger partial charge on any atom is -0.314 e. The van der Waals surface area contributed by atoms with Crippen molar-refractivity contribution in [3.05, 3.63) is 38.9 Å². The molecule has 0 unspecified atom stereocenters. The predicted molar refractivity (Wildman–Crippen MR) is 71.5 cm³/mol. The molecule has 0 aromatic heterocycles. The standard InChI is InChI=1S/C13H16N4O2/c18-17(19)11-1-2-13-12(7-11)10(8-15-13)9-16-5-3-14-4-6-16/h1-2,7,14H,3-6,8-9H2. The average molecular weight is 260 g/mol. The summed E-state index contributed by atoms with van der Waals surface area (Å²) >= 11 is 0. The summed E-state index contributed by atoms with van der Waals surface area (Å²) in [6.45, 7) is 5.58. The highest BCUT2D eigenvalue weighted by atomic mass is 16.6. The van der Waals surface area contributed by atoms with Crippen molar-refractivity contribution in [2.75, 3.05) is 39.3 Å². The van der Waals surface area contributed by atoms with Crippen LogP contribution in [0.4, 0.5) is 5.69 Å². The Balaban J connectivity index is 1.92. The van der Waals surface area contributed by atoms with Crippen molar-refractivity contribution < 1.29 is 4.92 Å². The summed E-state index contributed by atoms with van der Waals surface area (Å²) in [5, 5.41) is 16.0. The minimum absolute atomic E-state index is 0.147. The molecule has 100 valence electrons. The molecule has 1 N–H and O–H groups in total. The Bertz CT molecular complexity index is 620. The van der Waals surface area contributed by atoms with E-state index in [1.165, 1.54) is 11.6 Å². The zero-order chi connectivity index (χ0) is 13.2. The Kier molecular flexibility index (Phi) is 3.27. The molecule has 1 aromatic carbocycles. The summed E-state index contributed by atoms with van der Waals surface area (Å²) in [7, 11) is 0. The summed E-state index contributed by atoms with van der Waals surface area (Å²) in [6, 6.07) is 4.93. The van der Waals surface area contributed by atoms with Crippen LogP contribution in [0.25, 0.3) is 5.57 Å². The second-order valence-electron chi connectivity index (χ2n) is 4.90. The second-order valence-corrected chi connectivity index (χ2v) is 4.90. The number of nitro groups is 1. The van der Waals surface area contributed by atoms with E-state index >= 15 is 0 Å². The first-order chi connectivity index (χ1) is 9.24. The molecule has 0 saturated carbocycles. The molecule has 19 heavy (non-hydrogen) atoms. The van der Waals surface area contributed by atoms with Gasteiger partial charge >= 0.3 is 0 Å². The van der Waals surface area contributed by atoms with Gasteiger partial charge in [0, 0.05) is 50.1 Å². The Morgan fingerprint density at radius 1 is 1.37 bits per heavy atom. The highest BCUT2D eigenvalue weighted by Crippen LogP contribution is 2.08. The van der Waals surface area contributed by atoms with Crippen LogP contribution in [-0.2, 0) is 0 Å². The molecule has 6 nitrogen and oxygen atoms in total. The zero-order valence-corrected chi connectivity index (χ0v) is 10.6. The topological polar surface area (TPSA) is 70.8 Å². The molecule has 1 saturated heterocycles. The van der Waals surface area contributed by atoms with Gasteiger partial charge in [0.2, 0.25) is 0 Å². The lowest BCUT2D eigenvalue weighted by atomic mass is 10.1. The van der Waals surface area contributed by atoms with E-state index in [9.17, 15) is 10.1 Å². The monoisotopic (exact) mass is 260 g/mol. The van der Waals surface area contributed by atoms with Crippen molar-refractivity contribution in [3.8, 4) is 0 Å². The number of hydrogen-bond acceptors (Lipinski definition) is 5. The number of benzene rings is 1. The highest BCUT2D eigenvalue weighted by molar-refractivity contribution is 5.53. The van der Waals surface area contributed by atoms with Gasteiger partial charge < -0.3 is 5.32 Å². The number of hydrogen-bond donors (Lipinski definition) is 1. The van der Waals surface area contributed by atoms with Crippen LogP contribution < -0.4 is 15.9 Å². The highest BCUT2D eigenvalue weighted by Gasteiger charge is 2.16. The second kappa shape index (κ2) is 5.07. The van der Waals surface area contributed by atoms with Gasteiger partial charge in [0.1, 0.15) is 0 Å². The average Bonchev–Trinajstić information content (AvgIpc) is 2.82. The Hall–Kier alpha value is -1.79. The molecular formula is C13H16N4O2. The fourth-order valence-electron chi connectivity index (χ4n) is 2.60. The summed E-state index contributed by atoms with van der Waals surface area (Å²) < 4.78 is 0. The van der Waals surface area contributed by atoms with Gasteiger partial charge in [-0.2, -0.15) is 0 Å². The molecule has 1 fully saturated rings. The Labute approximate surface area is 110 Å². The normalized spacial score (nSPS) is 19.1. The van der Waals surface area contributed by atoms with E-state index in [0.29, 0.717) is 6.54 Å². The van der Waals surface area contributed by atoms with E-state index in [4.69, 9.17) is 0 Å². The van der Waals surface area contributed by atoms with Gasteiger partial charge in [0.15, 0.2) is 0 Å². The van der Waals surface area contributed by atoms with Crippen LogP contribution in [0.1, 0.15) is 0 Å². The van der Waals surface area contributed by atoms with Crippen LogP contribution in [0.3, 0.4) is 0 Å². The van der Waals surface area contributed by atoms with E-state index in [0.717, 1.165) is 43.3 Å². The predicted octanol–water partition coefficient (Wildman–Crippen LogP) is -0.716. The number of rotatable bonds is 3. The molecule has 0 bridgehead atoms. The zero-order valence-electron chi connectivity index (χ0n) is 10.6. The van der Waals surface area contributed by atoms with E-state index in [-0.39, 0.29) is 10.6 Å². The summed E-state index contributed by atoms with van der Waals surface area (Å²) in [6.07, 6.45) is 0. The third-order valence-electron chi connectivity index (χ3n) is 3.64. The van der Waals surface area contributed by atoms with Gasteiger partial charge in [-0.15, -0.1) is 0 Å². The molecule has 1 aromatic rings. The molecule has 6 heteroatoms. The lowest BCUT2D eigenvalue weighted by molar-refractivity contribution is -0.385. The van der Waals surface area contributed by atoms with E-state index in [1.54, 1.807) is 12.1 Å². The molecule has 2 aliphatic heterocycles. The number of fused-ring (bicyclic) bond motifs is 1. The van der Waals surface area contributed by atoms with Crippen LogP contribution in [-0.4, -0.2) is 49.1 Å². The summed E-state index contributed by atoms with van der Waals surface area (Å²) in [4.78, 5) is 17.3. The lowest BCUT2D eigenvalue weighted by Gasteiger charge is -2.27. The van der Waals surface area contributed by atoms with Gasteiger partial charge in [-0.25, -0.2) is 0 Å². The molecule has 2 aliphatic rings. The van der Waals surface area contributed by atoms with Gasteiger partial charge in [-0.1, -0.05) is 0 Å². The van der Waals surface area contributed by atoms with Crippen molar-refractivity contribution >= 4 is 11.3 Å². The molecular weight excluding hydrogens is 244 g/mol. The van der Waals surface area contributed by atoms with E-state index < -0.39 is 0 Å². The maximum atomic E-state index is 10.8. The van der Waals surface area contributed by atoms with Crippen LogP contribution in [0, 0.1) is 10.1 Å². The minimum atomic E-state index is -0.346. The quantitative estimate of drug-likeness (QED) is 0.575. The third kappa shape index (κ3) is 2.50. The number of non-ortho nitro benzene ring substituents is 1. The fourth-order valence-corrected chi connectivity index (χ4v) is 2.60. The van der Waals surface area contributed by atoms with Crippen LogP contribution >= 0.6 is 0 Å². The van der Waals surface area contributed by atoms with Crippen molar-refractivity contribution in [1.29, 1.82) is 0 Å². The smallest absolute Gasteiger partial charge is 0.270 e. The van der Waals surface area contributed by atoms with Gasteiger partial charge in [-0.3, -0.25) is 20.0 Å². The lowest BCUT2D eigenvalue weighted by Crippen LogP contribution is -2.44. The van der Waals surface area contributed by atoms with Crippen molar-refractivity contribution in [3.63, 3.8) is 0 Å². The van der Waals surface area contributed by atoms with Crippen LogP contribution in [0.15, 0.2) is 23.2 Å². The Morgan fingerprint density at radius 2 is 2.16 bits per heavy atom. The Morgan fingerprint density at radius 3 is 2.89 bits per heavy atom. The number of nitrogens with zero attached hydrogens (tertiary/aromatic N) is 3. The largest absolute Gasteiger partial charge is 0.314 e. The van der Waals surface area contributed by atoms with Crippen molar-refractivity contribution in [1.82, 2.24) is 10.2 Å². The number of piperazine rings is 1. The van der Waals surface area contributed by atoms with E-state index in [2.05, 4.69) is 15.2 Å². The molecule has 2 heterocycles. The van der Waals surface area contributed by atoms with Crippen LogP contribution in [0.5, 0.6) is 0 Å². The number of nitro benzene ring substituents is 1. The first kappa shape index (κ1) is 12.3. The van der Waals surface area contributed by atoms with Crippen molar-refractivity contribution in [2.45, 2.75) is 0 Å². The maximum absolute atomic E-state index is 10.8. The SMILES string of the molecule is O=[N+]([O-])c1ccc2c(c1)=C(CN1CCNCC1)CN=2. The summed E-state index contributed by atoms with van der Waals surface area (Å²) in [5.74, 6) is 0. The van der Waals surface area contributed by atoms with Crippen LogP contribution in [0.2, 0.25) is 0 Å². The third-order valence-corrected chi connectivity index (χ3v) is 3.64. The first-order valence-electron chi connectivity index (χ1n) is 6.48. The summed E-state index contributed by atoms with van der Waals surface area (Å²) in [5.41, 5.74) is 1.34. The van der Waals surface area contributed by atoms with E-state index in [1.807, 2.05) is 0 Å².